The molecule has 2 aliphatic rings. The number of ether oxygens (including phenoxy) is 1. The maximum absolute atomic E-state index is 12.6. The summed E-state index contributed by atoms with van der Waals surface area (Å²) in [5.41, 5.74) is 1.05. The number of likely N-dealkylation sites (tertiary alicyclic amines) is 1. The molecule has 3 rings (SSSR count). The van der Waals surface area contributed by atoms with Crippen molar-refractivity contribution in [2.75, 3.05) is 13.2 Å². The summed E-state index contributed by atoms with van der Waals surface area (Å²) in [5.74, 6) is 1.76. The molecule has 0 aromatic carbocycles. The third kappa shape index (κ3) is 3.00. The molecule has 2 amide bonds. The van der Waals surface area contributed by atoms with Crippen LogP contribution in [0.4, 0.5) is 4.79 Å². The second-order valence-corrected chi connectivity index (χ2v) is 6.49. The van der Waals surface area contributed by atoms with E-state index in [4.69, 9.17) is 9.15 Å². The Kier molecular flexibility index (Phi) is 4.43. The third-order valence-electron chi connectivity index (χ3n) is 4.84. The Balaban J connectivity index is 1.64. The second-order valence-electron chi connectivity index (χ2n) is 6.49. The molecule has 1 aromatic rings. The van der Waals surface area contributed by atoms with Crippen LogP contribution in [-0.4, -0.2) is 36.2 Å². The quantitative estimate of drug-likeness (QED) is 0.932. The van der Waals surface area contributed by atoms with E-state index in [-0.39, 0.29) is 24.2 Å². The fraction of sp³-hybridized carbons (Fsp3) is 0.706. The number of furan rings is 1. The first-order valence-corrected chi connectivity index (χ1v) is 8.32. The van der Waals surface area contributed by atoms with E-state index in [1.807, 2.05) is 31.7 Å². The zero-order valence-corrected chi connectivity index (χ0v) is 13.7. The van der Waals surface area contributed by atoms with Crippen LogP contribution in [-0.2, 0) is 4.74 Å². The number of amides is 2. The maximum atomic E-state index is 12.6. The standard InChI is InChI=1S/C17H26N2O3/c1-11-10-14(13(3)22-11)12(2)18-17(20)19-8-4-6-15(19)16-7-5-9-21-16/h10,12,15-16H,4-9H2,1-3H3,(H,18,20)/t12-,15-,16-/m0/s1. The van der Waals surface area contributed by atoms with Crippen molar-refractivity contribution in [2.45, 2.75) is 64.6 Å². The lowest BCUT2D eigenvalue weighted by atomic mass is 10.1. The van der Waals surface area contributed by atoms with Gasteiger partial charge in [0.2, 0.25) is 0 Å². The molecule has 0 saturated carbocycles. The number of carbonyl (C=O) groups is 1. The first-order chi connectivity index (χ1) is 10.6. The summed E-state index contributed by atoms with van der Waals surface area (Å²) in [6.45, 7) is 7.54. The molecule has 2 aliphatic heterocycles. The first-order valence-electron chi connectivity index (χ1n) is 8.32. The van der Waals surface area contributed by atoms with Gasteiger partial charge in [0.05, 0.1) is 18.2 Å². The first kappa shape index (κ1) is 15.4. The summed E-state index contributed by atoms with van der Waals surface area (Å²) in [5, 5.41) is 3.12. The highest BCUT2D eigenvalue weighted by molar-refractivity contribution is 5.75. The van der Waals surface area contributed by atoms with Crippen molar-refractivity contribution in [3.8, 4) is 0 Å². The molecule has 0 radical (unpaired) electrons. The minimum atomic E-state index is -0.0457. The second kappa shape index (κ2) is 6.32. The van der Waals surface area contributed by atoms with Gasteiger partial charge >= 0.3 is 6.03 Å². The van der Waals surface area contributed by atoms with Crippen LogP contribution in [0.3, 0.4) is 0 Å². The molecule has 122 valence electrons. The fourth-order valence-electron chi connectivity index (χ4n) is 3.76. The van der Waals surface area contributed by atoms with Crippen molar-refractivity contribution in [3.05, 3.63) is 23.2 Å². The number of aryl methyl sites for hydroxylation is 2. The molecule has 3 atom stereocenters. The van der Waals surface area contributed by atoms with Gasteiger partial charge in [-0.25, -0.2) is 4.79 Å². The Morgan fingerprint density at radius 2 is 2.18 bits per heavy atom. The number of urea groups is 1. The summed E-state index contributed by atoms with van der Waals surface area (Å²) >= 11 is 0. The Morgan fingerprint density at radius 1 is 1.36 bits per heavy atom. The summed E-state index contributed by atoms with van der Waals surface area (Å²) in [6.07, 6.45) is 4.53. The Labute approximate surface area is 132 Å². The van der Waals surface area contributed by atoms with Gasteiger partial charge in [-0.3, -0.25) is 0 Å². The van der Waals surface area contributed by atoms with Gasteiger partial charge in [-0.15, -0.1) is 0 Å². The predicted molar refractivity (Wildman–Crippen MR) is 83.8 cm³/mol. The van der Waals surface area contributed by atoms with Crippen LogP contribution in [0, 0.1) is 13.8 Å². The van der Waals surface area contributed by atoms with Gasteiger partial charge in [-0.1, -0.05) is 0 Å². The van der Waals surface area contributed by atoms with Gasteiger partial charge in [0.1, 0.15) is 11.5 Å². The maximum Gasteiger partial charge on any atom is 0.318 e. The normalized spacial score (nSPS) is 26.4. The highest BCUT2D eigenvalue weighted by atomic mass is 16.5. The zero-order chi connectivity index (χ0) is 15.7. The molecule has 1 N–H and O–H groups in total. The van der Waals surface area contributed by atoms with E-state index in [9.17, 15) is 4.79 Å². The molecular weight excluding hydrogens is 280 g/mol. The topological polar surface area (TPSA) is 54.7 Å². The van der Waals surface area contributed by atoms with Crippen LogP contribution < -0.4 is 5.32 Å². The van der Waals surface area contributed by atoms with Crippen LogP contribution in [0.25, 0.3) is 0 Å². The number of nitrogens with zero attached hydrogens (tertiary/aromatic N) is 1. The lowest BCUT2D eigenvalue weighted by Crippen LogP contribution is -2.47. The smallest absolute Gasteiger partial charge is 0.318 e. The number of hydrogen-bond donors (Lipinski definition) is 1. The molecular formula is C17H26N2O3. The van der Waals surface area contributed by atoms with Gasteiger partial charge in [-0.2, -0.15) is 0 Å². The monoisotopic (exact) mass is 306 g/mol. The van der Waals surface area contributed by atoms with E-state index < -0.39 is 0 Å². The molecule has 1 aromatic heterocycles. The highest BCUT2D eigenvalue weighted by Gasteiger charge is 2.37. The summed E-state index contributed by atoms with van der Waals surface area (Å²) in [4.78, 5) is 14.6. The third-order valence-corrected chi connectivity index (χ3v) is 4.84. The van der Waals surface area contributed by atoms with Crippen molar-refractivity contribution in [2.24, 2.45) is 0 Å². The van der Waals surface area contributed by atoms with Crippen LogP contribution >= 0.6 is 0 Å². The summed E-state index contributed by atoms with van der Waals surface area (Å²) in [7, 11) is 0. The van der Waals surface area contributed by atoms with Gasteiger partial charge in [0, 0.05) is 18.7 Å². The summed E-state index contributed by atoms with van der Waals surface area (Å²) in [6, 6.07) is 2.21. The van der Waals surface area contributed by atoms with Crippen molar-refractivity contribution in [1.29, 1.82) is 0 Å². The van der Waals surface area contributed by atoms with Crippen LogP contribution in [0.1, 0.15) is 55.7 Å². The summed E-state index contributed by atoms with van der Waals surface area (Å²) < 4.78 is 11.4. The van der Waals surface area contributed by atoms with Gasteiger partial charge in [0.25, 0.3) is 0 Å². The van der Waals surface area contributed by atoms with E-state index in [0.717, 1.165) is 55.9 Å². The Hall–Kier alpha value is -1.49. The molecule has 0 spiro atoms. The number of hydrogen-bond acceptors (Lipinski definition) is 3. The number of nitrogens with one attached hydrogen (secondary N) is 1. The minimum Gasteiger partial charge on any atom is -0.466 e. The highest BCUT2D eigenvalue weighted by Crippen LogP contribution is 2.28. The Morgan fingerprint density at radius 3 is 2.82 bits per heavy atom. The SMILES string of the molecule is Cc1cc([C@H](C)NC(=O)N2CCC[C@H]2[C@@H]2CCCO2)c(C)o1. The number of rotatable bonds is 3. The minimum absolute atomic E-state index is 0.0174. The molecule has 0 aliphatic carbocycles. The largest absolute Gasteiger partial charge is 0.466 e. The fourth-order valence-corrected chi connectivity index (χ4v) is 3.76. The van der Waals surface area contributed by atoms with E-state index in [1.165, 1.54) is 0 Å². The van der Waals surface area contributed by atoms with Crippen LogP contribution in [0.15, 0.2) is 10.5 Å². The zero-order valence-electron chi connectivity index (χ0n) is 13.7. The van der Waals surface area contributed by atoms with E-state index >= 15 is 0 Å². The average Bonchev–Trinajstić information content (AvgIpc) is 3.17. The van der Waals surface area contributed by atoms with Crippen LogP contribution in [0.5, 0.6) is 0 Å². The van der Waals surface area contributed by atoms with E-state index in [0.29, 0.717) is 0 Å². The van der Waals surface area contributed by atoms with Crippen molar-refractivity contribution in [1.82, 2.24) is 10.2 Å². The molecule has 2 saturated heterocycles. The number of carbonyl (C=O) groups excluding carboxylic acids is 1. The van der Waals surface area contributed by atoms with Crippen molar-refractivity contribution in [3.63, 3.8) is 0 Å². The molecule has 5 heteroatoms. The average molecular weight is 306 g/mol. The molecule has 3 heterocycles. The van der Waals surface area contributed by atoms with Crippen LogP contribution in [0.2, 0.25) is 0 Å². The molecule has 5 nitrogen and oxygen atoms in total. The van der Waals surface area contributed by atoms with Gasteiger partial charge < -0.3 is 19.4 Å². The van der Waals surface area contributed by atoms with Gasteiger partial charge in [-0.05, 0) is 52.5 Å². The van der Waals surface area contributed by atoms with Crippen molar-refractivity contribution < 1.29 is 13.9 Å². The lowest BCUT2D eigenvalue weighted by Gasteiger charge is -2.30. The predicted octanol–water partition coefficient (Wildman–Crippen LogP) is 3.31. The van der Waals surface area contributed by atoms with E-state index in [2.05, 4.69) is 5.32 Å². The molecule has 22 heavy (non-hydrogen) atoms. The molecule has 2 fully saturated rings. The molecule has 0 bridgehead atoms. The Bertz CT molecular complexity index is 534. The lowest BCUT2D eigenvalue weighted by molar-refractivity contribution is 0.0517. The van der Waals surface area contributed by atoms with Crippen molar-refractivity contribution >= 4 is 6.03 Å². The van der Waals surface area contributed by atoms with E-state index in [1.54, 1.807) is 0 Å². The van der Waals surface area contributed by atoms with Gasteiger partial charge in [0.15, 0.2) is 0 Å². The molecule has 0 unspecified atom stereocenters.